The number of aromatic amines is 1. The molecule has 0 bridgehead atoms. The van der Waals surface area contributed by atoms with Crippen molar-refractivity contribution in [2.45, 2.75) is 31.9 Å². The van der Waals surface area contributed by atoms with E-state index < -0.39 is 17.4 Å². The van der Waals surface area contributed by atoms with E-state index in [0.717, 1.165) is 6.20 Å². The number of anilines is 1. The molecule has 1 saturated heterocycles. The van der Waals surface area contributed by atoms with Crippen molar-refractivity contribution in [2.24, 2.45) is 0 Å². The highest BCUT2D eigenvalue weighted by atomic mass is 19.1. The van der Waals surface area contributed by atoms with Crippen LogP contribution in [0.2, 0.25) is 0 Å². The Morgan fingerprint density at radius 2 is 2.06 bits per heavy atom. The molecule has 0 amide bonds. The average Bonchev–Trinajstić information content (AvgIpc) is 3.32. The molecule has 8 nitrogen and oxygen atoms in total. The summed E-state index contributed by atoms with van der Waals surface area (Å²) in [5.41, 5.74) is 1.38. The summed E-state index contributed by atoms with van der Waals surface area (Å²) in [4.78, 5) is 24.8. The number of aromatic nitrogens is 3. The van der Waals surface area contributed by atoms with Crippen molar-refractivity contribution in [2.75, 3.05) is 18.5 Å². The van der Waals surface area contributed by atoms with E-state index >= 15 is 0 Å². The molecule has 1 aromatic carbocycles. The van der Waals surface area contributed by atoms with Crippen molar-refractivity contribution in [1.82, 2.24) is 15.0 Å². The zero-order valence-electron chi connectivity index (χ0n) is 19.4. The quantitative estimate of drug-likeness (QED) is 0.324. The molecule has 2 atom stereocenters. The number of fused-ring (bicyclic) bond motifs is 1. The molecular formula is C26H24F2N4O4. The fourth-order valence-electron chi connectivity index (χ4n) is 4.29. The first-order valence-electron chi connectivity index (χ1n) is 11.5. The third kappa shape index (κ3) is 4.65. The highest BCUT2D eigenvalue weighted by Crippen LogP contribution is 2.32. The van der Waals surface area contributed by atoms with Gasteiger partial charge in [-0.1, -0.05) is 12.1 Å². The predicted octanol–water partition coefficient (Wildman–Crippen LogP) is 4.52. The van der Waals surface area contributed by atoms with Gasteiger partial charge < -0.3 is 24.9 Å². The van der Waals surface area contributed by atoms with Gasteiger partial charge in [0.1, 0.15) is 17.1 Å². The third-order valence-electron chi connectivity index (χ3n) is 6.15. The molecule has 5 rings (SSSR count). The van der Waals surface area contributed by atoms with E-state index in [4.69, 9.17) is 9.47 Å². The lowest BCUT2D eigenvalue weighted by Crippen LogP contribution is -2.36. The van der Waals surface area contributed by atoms with Crippen LogP contribution in [0.15, 0.2) is 48.9 Å². The molecule has 10 heteroatoms. The number of aryl methyl sites for hydroxylation is 1. The Hall–Kier alpha value is -3.89. The molecule has 0 unspecified atom stereocenters. The fraction of sp³-hybridized carbons (Fsp3) is 0.269. The number of aliphatic hydroxyl groups is 1. The van der Waals surface area contributed by atoms with Crippen molar-refractivity contribution in [3.05, 3.63) is 77.4 Å². The first-order chi connectivity index (χ1) is 17.4. The highest BCUT2D eigenvalue weighted by Gasteiger charge is 2.26. The van der Waals surface area contributed by atoms with Crippen LogP contribution >= 0.6 is 0 Å². The van der Waals surface area contributed by atoms with Crippen molar-refractivity contribution in [1.29, 1.82) is 0 Å². The number of hydrogen-bond acceptors (Lipinski definition) is 7. The molecule has 3 N–H and O–H groups in total. The minimum absolute atomic E-state index is 0.0451. The summed E-state index contributed by atoms with van der Waals surface area (Å²) < 4.78 is 40.0. The van der Waals surface area contributed by atoms with Gasteiger partial charge in [0.25, 0.3) is 0 Å². The van der Waals surface area contributed by atoms with Gasteiger partial charge in [-0.3, -0.25) is 4.79 Å². The second-order valence-electron chi connectivity index (χ2n) is 8.66. The topological polar surface area (TPSA) is 109 Å². The number of carbonyl (C=O) groups is 1. The van der Waals surface area contributed by atoms with Crippen LogP contribution in [0, 0.1) is 18.6 Å². The van der Waals surface area contributed by atoms with Crippen LogP contribution in [0.25, 0.3) is 11.0 Å². The van der Waals surface area contributed by atoms with Crippen LogP contribution in [0.5, 0.6) is 11.5 Å². The Bertz CT molecular complexity index is 1420. The van der Waals surface area contributed by atoms with Crippen molar-refractivity contribution < 1.29 is 28.2 Å². The van der Waals surface area contributed by atoms with Crippen molar-refractivity contribution in [3.63, 3.8) is 0 Å². The van der Waals surface area contributed by atoms with E-state index in [1.54, 1.807) is 25.1 Å². The van der Waals surface area contributed by atoms with E-state index in [0.29, 0.717) is 36.0 Å². The molecule has 0 saturated carbocycles. The number of aliphatic hydroxyl groups excluding tert-OH is 1. The van der Waals surface area contributed by atoms with Crippen LogP contribution in [0.3, 0.4) is 0 Å². The molecule has 36 heavy (non-hydrogen) atoms. The smallest absolute Gasteiger partial charge is 0.213 e. The zero-order valence-corrected chi connectivity index (χ0v) is 19.4. The SMILES string of the molecule is Cc1cc(Oc2ccccc2F)cnc1C(=O)c1c[nH]c2ncc(F)c(N[C@@H]3CC[C@@H](CO)OC3)c12. The maximum atomic E-state index is 14.9. The van der Waals surface area contributed by atoms with Crippen molar-refractivity contribution in [3.8, 4) is 11.5 Å². The number of rotatable bonds is 7. The van der Waals surface area contributed by atoms with Gasteiger partial charge in [0.15, 0.2) is 17.4 Å². The van der Waals surface area contributed by atoms with Gasteiger partial charge in [-0.15, -0.1) is 0 Å². The number of pyridine rings is 2. The number of nitrogens with zero attached hydrogens (tertiary/aromatic N) is 2. The molecule has 4 heterocycles. The number of nitrogens with one attached hydrogen (secondary N) is 2. The van der Waals surface area contributed by atoms with E-state index in [1.807, 2.05) is 0 Å². The fourth-order valence-corrected chi connectivity index (χ4v) is 4.29. The molecule has 186 valence electrons. The minimum atomic E-state index is -0.598. The summed E-state index contributed by atoms with van der Waals surface area (Å²) in [6.07, 6.45) is 4.99. The number of H-pyrrole nitrogens is 1. The first-order valence-corrected chi connectivity index (χ1v) is 11.5. The lowest BCUT2D eigenvalue weighted by Gasteiger charge is -2.29. The monoisotopic (exact) mass is 494 g/mol. The molecule has 3 aromatic heterocycles. The van der Waals surface area contributed by atoms with Gasteiger partial charge >= 0.3 is 0 Å². The van der Waals surface area contributed by atoms with Gasteiger partial charge in [0.2, 0.25) is 5.78 Å². The number of halogens is 2. The number of carbonyl (C=O) groups excluding carboxylic acids is 1. The number of ether oxygens (including phenoxy) is 2. The van der Waals surface area contributed by atoms with Gasteiger partial charge in [0, 0.05) is 12.2 Å². The molecule has 1 fully saturated rings. The highest BCUT2D eigenvalue weighted by molar-refractivity contribution is 6.18. The number of hydrogen-bond donors (Lipinski definition) is 3. The molecule has 4 aromatic rings. The largest absolute Gasteiger partial charge is 0.453 e. The van der Waals surface area contributed by atoms with Crippen LogP contribution in [0.1, 0.15) is 34.5 Å². The predicted molar refractivity (Wildman–Crippen MR) is 128 cm³/mol. The van der Waals surface area contributed by atoms with Crippen LogP contribution in [-0.2, 0) is 4.74 Å². The standard InChI is InChI=1S/C26H24F2N4O4/c1-14-8-17(36-21-5-3-2-4-19(21)27)9-29-23(14)25(34)18-10-30-26-22(18)24(20(28)11-31-26)32-15-6-7-16(12-33)35-13-15/h2-5,8-11,15-16,33H,6-7,12-13H2,1H3,(H2,30,31,32)/t15-,16+/m1/s1. The second kappa shape index (κ2) is 10.00. The molecule has 0 spiro atoms. The summed E-state index contributed by atoms with van der Waals surface area (Å²) in [7, 11) is 0. The minimum Gasteiger partial charge on any atom is -0.453 e. The van der Waals surface area contributed by atoms with Crippen LogP contribution < -0.4 is 10.1 Å². The van der Waals surface area contributed by atoms with E-state index in [1.165, 1.54) is 24.5 Å². The lowest BCUT2D eigenvalue weighted by molar-refractivity contribution is -0.0223. The number of para-hydroxylation sites is 1. The van der Waals surface area contributed by atoms with Crippen LogP contribution in [-0.4, -0.2) is 51.2 Å². The molecule has 0 radical (unpaired) electrons. The summed E-state index contributed by atoms with van der Waals surface area (Å²) in [5.74, 6) is -1.21. The van der Waals surface area contributed by atoms with Gasteiger partial charge in [-0.05, 0) is 43.5 Å². The summed E-state index contributed by atoms with van der Waals surface area (Å²) >= 11 is 0. The van der Waals surface area contributed by atoms with E-state index in [9.17, 15) is 18.7 Å². The Labute approximate surface area is 205 Å². The Kier molecular flexibility index (Phi) is 6.62. The van der Waals surface area contributed by atoms with E-state index in [2.05, 4.69) is 20.3 Å². The van der Waals surface area contributed by atoms with Crippen LogP contribution in [0.4, 0.5) is 14.5 Å². The first kappa shape index (κ1) is 23.8. The number of ketones is 1. The van der Waals surface area contributed by atoms with Crippen molar-refractivity contribution >= 4 is 22.5 Å². The Morgan fingerprint density at radius 1 is 1.22 bits per heavy atom. The Morgan fingerprint density at radius 3 is 2.78 bits per heavy atom. The maximum absolute atomic E-state index is 14.9. The normalized spacial score (nSPS) is 17.8. The third-order valence-corrected chi connectivity index (χ3v) is 6.15. The van der Waals surface area contributed by atoms with E-state index in [-0.39, 0.29) is 47.2 Å². The second-order valence-corrected chi connectivity index (χ2v) is 8.66. The van der Waals surface area contributed by atoms with Gasteiger partial charge in [-0.25, -0.2) is 18.7 Å². The molecular weight excluding hydrogens is 470 g/mol. The molecule has 1 aliphatic rings. The maximum Gasteiger partial charge on any atom is 0.213 e. The van der Waals surface area contributed by atoms with Gasteiger partial charge in [0.05, 0.1) is 48.3 Å². The number of benzene rings is 1. The van der Waals surface area contributed by atoms with Gasteiger partial charge in [-0.2, -0.15) is 0 Å². The Balaban J connectivity index is 1.44. The summed E-state index contributed by atoms with van der Waals surface area (Å²) in [6.45, 7) is 1.93. The molecule has 0 aliphatic carbocycles. The molecule has 1 aliphatic heterocycles. The lowest BCUT2D eigenvalue weighted by atomic mass is 10.0. The summed E-state index contributed by atoms with van der Waals surface area (Å²) in [6, 6.07) is 7.39. The zero-order chi connectivity index (χ0) is 25.2. The average molecular weight is 494 g/mol. The summed E-state index contributed by atoms with van der Waals surface area (Å²) in [5, 5.41) is 12.7.